The van der Waals surface area contributed by atoms with Crippen LogP contribution in [0.25, 0.3) is 11.5 Å². The number of hydrogen-bond acceptors (Lipinski definition) is 5. The zero-order valence-electron chi connectivity index (χ0n) is 13.4. The van der Waals surface area contributed by atoms with E-state index in [0.29, 0.717) is 11.9 Å². The minimum absolute atomic E-state index is 0.217. The van der Waals surface area contributed by atoms with Crippen LogP contribution in [-0.2, 0) is 11.2 Å². The molecule has 1 fully saturated rings. The molecule has 1 aliphatic rings. The van der Waals surface area contributed by atoms with E-state index in [1.54, 1.807) is 6.20 Å². The molecule has 22 heavy (non-hydrogen) atoms. The largest absolute Gasteiger partial charge is 0.375 e. The number of rotatable bonds is 3. The highest BCUT2D eigenvalue weighted by atomic mass is 16.5. The van der Waals surface area contributed by atoms with Crippen LogP contribution in [-0.4, -0.2) is 40.2 Å². The fourth-order valence-electron chi connectivity index (χ4n) is 2.64. The first-order valence-electron chi connectivity index (χ1n) is 7.85. The van der Waals surface area contributed by atoms with Crippen LogP contribution in [0, 0.1) is 0 Å². The fraction of sp³-hybridized carbons (Fsp3) is 0.471. The summed E-state index contributed by atoms with van der Waals surface area (Å²) in [6, 6.07) is 8.21. The zero-order valence-corrected chi connectivity index (χ0v) is 13.4. The molecule has 0 aliphatic carbocycles. The molecular weight excluding hydrogens is 276 g/mol. The van der Waals surface area contributed by atoms with Crippen molar-refractivity contribution in [3.63, 3.8) is 0 Å². The standard InChI is InChI=1S/C17H22N4O/c1-4-14-9-16(21-10-13(3)22-11-12(21)2)20-17(19-14)15-7-5-6-8-18-15/h5-9,12-13H,4,10-11H2,1-3H3. The molecule has 0 N–H and O–H groups in total. The van der Waals surface area contributed by atoms with Crippen molar-refractivity contribution >= 4 is 5.82 Å². The van der Waals surface area contributed by atoms with Crippen molar-refractivity contribution < 1.29 is 4.74 Å². The van der Waals surface area contributed by atoms with E-state index in [-0.39, 0.29) is 6.10 Å². The summed E-state index contributed by atoms with van der Waals surface area (Å²) in [6.07, 6.45) is 2.87. The van der Waals surface area contributed by atoms with Crippen LogP contribution in [0.3, 0.4) is 0 Å². The molecule has 3 rings (SSSR count). The van der Waals surface area contributed by atoms with Crippen molar-refractivity contribution in [1.29, 1.82) is 0 Å². The topological polar surface area (TPSA) is 51.1 Å². The molecule has 1 aliphatic heterocycles. The molecule has 2 atom stereocenters. The van der Waals surface area contributed by atoms with Crippen LogP contribution in [0.5, 0.6) is 0 Å². The average Bonchev–Trinajstić information content (AvgIpc) is 2.57. The molecule has 5 heteroatoms. The van der Waals surface area contributed by atoms with E-state index >= 15 is 0 Å². The van der Waals surface area contributed by atoms with Crippen molar-refractivity contribution in [3.8, 4) is 11.5 Å². The Bertz CT molecular complexity index is 632. The monoisotopic (exact) mass is 298 g/mol. The van der Waals surface area contributed by atoms with Gasteiger partial charge in [0.1, 0.15) is 11.5 Å². The van der Waals surface area contributed by atoms with Gasteiger partial charge in [0.2, 0.25) is 0 Å². The number of morpholine rings is 1. The molecule has 116 valence electrons. The van der Waals surface area contributed by atoms with E-state index in [1.165, 1.54) is 0 Å². The van der Waals surface area contributed by atoms with E-state index in [9.17, 15) is 0 Å². The van der Waals surface area contributed by atoms with Gasteiger partial charge in [0.15, 0.2) is 5.82 Å². The lowest BCUT2D eigenvalue weighted by atomic mass is 10.2. The zero-order chi connectivity index (χ0) is 15.5. The van der Waals surface area contributed by atoms with Gasteiger partial charge in [-0.25, -0.2) is 9.97 Å². The van der Waals surface area contributed by atoms with Crippen LogP contribution < -0.4 is 4.90 Å². The second kappa shape index (κ2) is 6.40. The maximum absolute atomic E-state index is 5.72. The van der Waals surface area contributed by atoms with E-state index in [4.69, 9.17) is 9.72 Å². The van der Waals surface area contributed by atoms with Crippen LogP contribution >= 0.6 is 0 Å². The number of pyridine rings is 1. The molecule has 2 aromatic heterocycles. The lowest BCUT2D eigenvalue weighted by molar-refractivity contribution is 0.0340. The van der Waals surface area contributed by atoms with Crippen LogP contribution in [0.15, 0.2) is 30.5 Å². The predicted octanol–water partition coefficient (Wildman–Crippen LogP) is 2.71. The Morgan fingerprint density at radius 3 is 2.86 bits per heavy atom. The van der Waals surface area contributed by atoms with Gasteiger partial charge < -0.3 is 9.64 Å². The third kappa shape index (κ3) is 3.09. The normalized spacial score (nSPS) is 21.9. The Morgan fingerprint density at radius 1 is 1.27 bits per heavy atom. The highest BCUT2D eigenvalue weighted by Crippen LogP contribution is 2.23. The van der Waals surface area contributed by atoms with Gasteiger partial charge in [-0.15, -0.1) is 0 Å². The summed E-state index contributed by atoms with van der Waals surface area (Å²) in [5.41, 5.74) is 1.85. The predicted molar refractivity (Wildman–Crippen MR) is 86.9 cm³/mol. The maximum Gasteiger partial charge on any atom is 0.180 e. The van der Waals surface area contributed by atoms with Crippen molar-refractivity contribution in [1.82, 2.24) is 15.0 Å². The fourth-order valence-corrected chi connectivity index (χ4v) is 2.64. The number of aryl methyl sites for hydroxylation is 1. The summed E-state index contributed by atoms with van der Waals surface area (Å²) in [5, 5.41) is 0. The minimum atomic E-state index is 0.217. The van der Waals surface area contributed by atoms with Gasteiger partial charge in [0.05, 0.1) is 18.8 Å². The maximum atomic E-state index is 5.72. The third-order valence-corrected chi connectivity index (χ3v) is 3.92. The lowest BCUT2D eigenvalue weighted by Gasteiger charge is -2.37. The molecule has 3 heterocycles. The number of hydrogen-bond donors (Lipinski definition) is 0. The molecule has 0 amide bonds. The molecule has 5 nitrogen and oxygen atoms in total. The summed E-state index contributed by atoms with van der Waals surface area (Å²) >= 11 is 0. The summed E-state index contributed by atoms with van der Waals surface area (Å²) < 4.78 is 5.72. The van der Waals surface area contributed by atoms with Gasteiger partial charge >= 0.3 is 0 Å². The van der Waals surface area contributed by atoms with Gasteiger partial charge in [-0.1, -0.05) is 13.0 Å². The van der Waals surface area contributed by atoms with Gasteiger partial charge in [-0.2, -0.15) is 0 Å². The Hall–Kier alpha value is -2.01. The van der Waals surface area contributed by atoms with E-state index in [0.717, 1.165) is 36.8 Å². The Morgan fingerprint density at radius 2 is 2.14 bits per heavy atom. The molecule has 0 bridgehead atoms. The van der Waals surface area contributed by atoms with E-state index < -0.39 is 0 Å². The summed E-state index contributed by atoms with van der Waals surface area (Å²) in [6.45, 7) is 7.95. The third-order valence-electron chi connectivity index (χ3n) is 3.92. The molecule has 0 aromatic carbocycles. The summed E-state index contributed by atoms with van der Waals surface area (Å²) in [5.74, 6) is 1.66. The molecule has 2 aromatic rings. The molecule has 0 saturated carbocycles. The molecule has 0 radical (unpaired) electrons. The van der Waals surface area contributed by atoms with E-state index in [1.807, 2.05) is 18.2 Å². The molecule has 1 saturated heterocycles. The van der Waals surface area contributed by atoms with Gasteiger partial charge in [0, 0.05) is 24.5 Å². The first kappa shape index (κ1) is 14.9. The summed E-state index contributed by atoms with van der Waals surface area (Å²) in [4.78, 5) is 16.1. The molecule has 0 spiro atoms. The van der Waals surface area contributed by atoms with Gasteiger partial charge in [-0.3, -0.25) is 4.98 Å². The first-order chi connectivity index (χ1) is 10.7. The number of aromatic nitrogens is 3. The van der Waals surface area contributed by atoms with Crippen LogP contribution in [0.2, 0.25) is 0 Å². The first-order valence-corrected chi connectivity index (χ1v) is 7.85. The van der Waals surface area contributed by atoms with Crippen LogP contribution in [0.1, 0.15) is 26.5 Å². The Kier molecular flexibility index (Phi) is 4.34. The smallest absolute Gasteiger partial charge is 0.180 e. The van der Waals surface area contributed by atoms with Crippen LogP contribution in [0.4, 0.5) is 5.82 Å². The molecule has 2 unspecified atom stereocenters. The number of anilines is 1. The highest BCUT2D eigenvalue weighted by molar-refractivity contribution is 5.54. The van der Waals surface area contributed by atoms with Crippen molar-refractivity contribution in [2.75, 3.05) is 18.1 Å². The lowest BCUT2D eigenvalue weighted by Crippen LogP contribution is -2.47. The van der Waals surface area contributed by atoms with Crippen molar-refractivity contribution in [3.05, 3.63) is 36.2 Å². The Balaban J connectivity index is 2.00. The number of ether oxygens (including phenoxy) is 1. The minimum Gasteiger partial charge on any atom is -0.375 e. The number of nitrogens with zero attached hydrogens (tertiary/aromatic N) is 4. The highest BCUT2D eigenvalue weighted by Gasteiger charge is 2.25. The SMILES string of the molecule is CCc1cc(N2CC(C)OCC2C)nc(-c2ccccn2)n1. The van der Waals surface area contributed by atoms with Crippen molar-refractivity contribution in [2.24, 2.45) is 0 Å². The summed E-state index contributed by atoms with van der Waals surface area (Å²) in [7, 11) is 0. The average molecular weight is 298 g/mol. The van der Waals surface area contributed by atoms with Gasteiger partial charge in [0.25, 0.3) is 0 Å². The van der Waals surface area contributed by atoms with Crippen molar-refractivity contribution in [2.45, 2.75) is 39.3 Å². The van der Waals surface area contributed by atoms with Gasteiger partial charge in [-0.05, 0) is 32.4 Å². The second-order valence-electron chi connectivity index (χ2n) is 5.75. The molecular formula is C17H22N4O. The quantitative estimate of drug-likeness (QED) is 0.872. The second-order valence-corrected chi connectivity index (χ2v) is 5.75. The Labute approximate surface area is 131 Å². The van der Waals surface area contributed by atoms with E-state index in [2.05, 4.69) is 41.7 Å².